The first kappa shape index (κ1) is 22.6. The van der Waals surface area contributed by atoms with E-state index in [0.717, 1.165) is 59.8 Å². The molecule has 1 amide bonds. The second kappa shape index (κ2) is 10.4. The summed E-state index contributed by atoms with van der Waals surface area (Å²) in [6.07, 6.45) is 0.236. The zero-order valence-electron chi connectivity index (χ0n) is 18.4. The number of benzene rings is 2. The molecule has 1 atom stereocenters. The van der Waals surface area contributed by atoms with Crippen molar-refractivity contribution in [2.24, 2.45) is 0 Å². The Bertz CT molecular complexity index is 1030. The standard InChI is InChI=1S/C25H30ClFN4O/c1-2-18-7-5-9-23(24(18)26)31-14-12-30(13-15-31)17-20(27)10-11-28-25(32)22-16-19-6-3-4-8-21(19)29-22/h3-9,16,20,29H,2,10-15,17H2,1H3,(H,28,32)/t20-/m1/s1. The van der Waals surface area contributed by atoms with Crippen LogP contribution in [0.1, 0.15) is 29.4 Å². The minimum Gasteiger partial charge on any atom is -0.368 e. The first-order chi connectivity index (χ1) is 15.5. The molecule has 4 rings (SSSR count). The fraction of sp³-hybridized carbons (Fsp3) is 0.400. The lowest BCUT2D eigenvalue weighted by Crippen LogP contribution is -2.48. The van der Waals surface area contributed by atoms with Gasteiger partial charge in [0.25, 0.3) is 5.91 Å². The zero-order chi connectivity index (χ0) is 22.5. The molecule has 0 saturated carbocycles. The van der Waals surface area contributed by atoms with Crippen LogP contribution in [0.5, 0.6) is 0 Å². The number of carbonyl (C=O) groups is 1. The number of para-hydroxylation sites is 1. The molecular weight excluding hydrogens is 427 g/mol. The molecule has 0 aliphatic carbocycles. The first-order valence-electron chi connectivity index (χ1n) is 11.3. The number of piperazine rings is 1. The number of nitrogens with zero attached hydrogens (tertiary/aromatic N) is 2. The van der Waals surface area contributed by atoms with Crippen molar-refractivity contribution >= 4 is 34.1 Å². The van der Waals surface area contributed by atoms with Gasteiger partial charge >= 0.3 is 0 Å². The number of hydrogen-bond donors (Lipinski definition) is 2. The van der Waals surface area contributed by atoms with E-state index < -0.39 is 6.17 Å². The lowest BCUT2D eigenvalue weighted by Gasteiger charge is -2.37. The number of halogens is 2. The van der Waals surface area contributed by atoms with E-state index in [4.69, 9.17) is 11.6 Å². The molecule has 32 heavy (non-hydrogen) atoms. The van der Waals surface area contributed by atoms with E-state index in [1.165, 1.54) is 0 Å². The van der Waals surface area contributed by atoms with Gasteiger partial charge < -0.3 is 15.2 Å². The minimum atomic E-state index is -0.975. The van der Waals surface area contributed by atoms with E-state index >= 15 is 0 Å². The van der Waals surface area contributed by atoms with Crippen molar-refractivity contribution < 1.29 is 9.18 Å². The number of aromatic amines is 1. The number of anilines is 1. The SMILES string of the molecule is CCc1cccc(N2CCN(C[C@H](F)CCNC(=O)c3cc4ccccc4[nH]3)CC2)c1Cl. The molecule has 0 bridgehead atoms. The van der Waals surface area contributed by atoms with Crippen molar-refractivity contribution in [2.45, 2.75) is 25.9 Å². The molecule has 3 aromatic rings. The van der Waals surface area contributed by atoms with Crippen LogP contribution in [0.3, 0.4) is 0 Å². The van der Waals surface area contributed by atoms with Crippen molar-refractivity contribution in [2.75, 3.05) is 44.2 Å². The van der Waals surface area contributed by atoms with E-state index in [1.54, 1.807) is 0 Å². The smallest absolute Gasteiger partial charge is 0.267 e. The average molecular weight is 457 g/mol. The zero-order valence-corrected chi connectivity index (χ0v) is 19.2. The largest absolute Gasteiger partial charge is 0.368 e. The number of amides is 1. The van der Waals surface area contributed by atoms with Crippen molar-refractivity contribution in [3.05, 3.63) is 64.8 Å². The summed E-state index contributed by atoms with van der Waals surface area (Å²) < 4.78 is 14.6. The fourth-order valence-corrected chi connectivity index (χ4v) is 4.64. The highest BCUT2D eigenvalue weighted by molar-refractivity contribution is 6.34. The second-order valence-corrected chi connectivity index (χ2v) is 8.68. The molecule has 1 aliphatic rings. The molecule has 2 N–H and O–H groups in total. The molecule has 2 aromatic carbocycles. The number of carbonyl (C=O) groups excluding carboxylic acids is 1. The number of rotatable bonds is 8. The van der Waals surface area contributed by atoms with Crippen molar-refractivity contribution in [3.8, 4) is 0 Å². The molecule has 1 saturated heterocycles. The molecule has 0 spiro atoms. The molecule has 170 valence electrons. The van der Waals surface area contributed by atoms with Gasteiger partial charge in [-0.05, 0) is 36.6 Å². The summed E-state index contributed by atoms with van der Waals surface area (Å²) in [5.74, 6) is -0.201. The van der Waals surface area contributed by atoms with Crippen LogP contribution in [0.2, 0.25) is 5.02 Å². The van der Waals surface area contributed by atoms with Gasteiger partial charge in [0.05, 0.1) is 10.7 Å². The van der Waals surface area contributed by atoms with Crippen LogP contribution in [0.25, 0.3) is 10.9 Å². The average Bonchev–Trinajstić information content (AvgIpc) is 3.24. The number of H-pyrrole nitrogens is 1. The normalized spacial score (nSPS) is 15.8. The van der Waals surface area contributed by atoms with Crippen molar-refractivity contribution in [1.29, 1.82) is 0 Å². The summed E-state index contributed by atoms with van der Waals surface area (Å²) >= 11 is 6.56. The Morgan fingerprint density at radius 1 is 1.16 bits per heavy atom. The number of alkyl halides is 1. The van der Waals surface area contributed by atoms with Crippen molar-refractivity contribution in [3.63, 3.8) is 0 Å². The number of fused-ring (bicyclic) bond motifs is 1. The second-order valence-electron chi connectivity index (χ2n) is 8.30. The van der Waals surface area contributed by atoms with E-state index in [9.17, 15) is 9.18 Å². The highest BCUT2D eigenvalue weighted by atomic mass is 35.5. The Morgan fingerprint density at radius 3 is 2.69 bits per heavy atom. The third-order valence-corrected chi connectivity index (χ3v) is 6.56. The van der Waals surface area contributed by atoms with Gasteiger partial charge in [0.1, 0.15) is 11.9 Å². The van der Waals surface area contributed by atoms with E-state index in [1.807, 2.05) is 36.4 Å². The molecular formula is C25H30ClFN4O. The lowest BCUT2D eigenvalue weighted by atomic mass is 10.1. The molecule has 7 heteroatoms. The number of aryl methyl sites for hydroxylation is 1. The molecule has 1 fully saturated rings. The van der Waals surface area contributed by atoms with Crippen LogP contribution >= 0.6 is 11.6 Å². The van der Waals surface area contributed by atoms with Gasteiger partial charge in [-0.15, -0.1) is 0 Å². The van der Waals surface area contributed by atoms with Gasteiger partial charge in [-0.2, -0.15) is 0 Å². The third-order valence-electron chi connectivity index (χ3n) is 6.13. The molecule has 1 aliphatic heterocycles. The van der Waals surface area contributed by atoms with Crippen LogP contribution in [-0.4, -0.2) is 61.2 Å². The quantitative estimate of drug-likeness (QED) is 0.518. The third kappa shape index (κ3) is 5.25. The Kier molecular flexibility index (Phi) is 7.33. The Labute approximate surface area is 193 Å². The Morgan fingerprint density at radius 2 is 1.94 bits per heavy atom. The van der Waals surface area contributed by atoms with E-state index in [0.29, 0.717) is 25.2 Å². The predicted molar refractivity (Wildman–Crippen MR) is 130 cm³/mol. The monoisotopic (exact) mass is 456 g/mol. The Balaban J connectivity index is 1.20. The van der Waals surface area contributed by atoms with Gasteiger partial charge in [0.2, 0.25) is 0 Å². The van der Waals surface area contributed by atoms with Crippen LogP contribution in [0.15, 0.2) is 48.5 Å². The summed E-state index contributed by atoms with van der Waals surface area (Å²) in [5, 5.41) is 4.64. The Hall–Kier alpha value is -2.57. The summed E-state index contributed by atoms with van der Waals surface area (Å²) in [6, 6.07) is 15.7. The van der Waals surface area contributed by atoms with Crippen LogP contribution in [0, 0.1) is 0 Å². The summed E-state index contributed by atoms with van der Waals surface area (Å²) in [4.78, 5) is 19.9. The molecule has 0 unspecified atom stereocenters. The number of hydrogen-bond acceptors (Lipinski definition) is 3. The van der Waals surface area contributed by atoms with Crippen LogP contribution < -0.4 is 10.2 Å². The first-order valence-corrected chi connectivity index (χ1v) is 11.7. The van der Waals surface area contributed by atoms with Gasteiger partial charge in [-0.1, -0.05) is 48.9 Å². The molecule has 5 nitrogen and oxygen atoms in total. The molecule has 2 heterocycles. The van der Waals surface area contributed by atoms with E-state index in [2.05, 4.69) is 39.2 Å². The van der Waals surface area contributed by atoms with Crippen molar-refractivity contribution in [1.82, 2.24) is 15.2 Å². The molecule has 0 radical (unpaired) electrons. The van der Waals surface area contributed by atoms with Gasteiger partial charge in [-0.3, -0.25) is 9.69 Å². The summed E-state index contributed by atoms with van der Waals surface area (Å²) in [7, 11) is 0. The van der Waals surface area contributed by atoms with Crippen LogP contribution in [-0.2, 0) is 6.42 Å². The lowest BCUT2D eigenvalue weighted by molar-refractivity contribution is 0.0943. The van der Waals surface area contributed by atoms with E-state index in [-0.39, 0.29) is 5.91 Å². The van der Waals surface area contributed by atoms with Gasteiger partial charge in [0, 0.05) is 50.2 Å². The summed E-state index contributed by atoms with van der Waals surface area (Å²) in [6.45, 7) is 6.07. The van der Waals surface area contributed by atoms with Crippen LogP contribution in [0.4, 0.5) is 10.1 Å². The number of aromatic nitrogens is 1. The summed E-state index contributed by atoms with van der Waals surface area (Å²) in [5.41, 5.74) is 3.65. The fourth-order valence-electron chi connectivity index (χ4n) is 4.26. The highest BCUT2D eigenvalue weighted by Crippen LogP contribution is 2.30. The topological polar surface area (TPSA) is 51.4 Å². The van der Waals surface area contributed by atoms with Gasteiger partial charge in [0.15, 0.2) is 0 Å². The predicted octanol–water partition coefficient (Wildman–Crippen LogP) is 4.66. The number of nitrogens with one attached hydrogen (secondary N) is 2. The maximum Gasteiger partial charge on any atom is 0.267 e. The maximum atomic E-state index is 14.6. The highest BCUT2D eigenvalue weighted by Gasteiger charge is 2.22. The maximum absolute atomic E-state index is 14.6. The van der Waals surface area contributed by atoms with Gasteiger partial charge in [-0.25, -0.2) is 4.39 Å². The molecule has 1 aromatic heterocycles. The minimum absolute atomic E-state index is 0.201.